The van der Waals surface area contributed by atoms with E-state index in [0.717, 1.165) is 1.94 Å². The summed E-state index contributed by atoms with van der Waals surface area (Å²) >= 11 is 0.736. The van der Waals surface area contributed by atoms with Gasteiger partial charge in [-0.1, -0.05) is 0 Å². The topological polar surface area (TPSA) is 18.5 Å². The molecule has 0 bridgehead atoms. The van der Waals surface area contributed by atoms with Gasteiger partial charge in [-0.2, -0.15) is 0 Å². The summed E-state index contributed by atoms with van der Waals surface area (Å²) in [6, 6.07) is 0. The minimum atomic E-state index is -2.14. The fourth-order valence-electron chi connectivity index (χ4n) is 3.97. The van der Waals surface area contributed by atoms with Gasteiger partial charge < -0.3 is 0 Å². The third kappa shape index (κ3) is 12.1. The van der Waals surface area contributed by atoms with Crippen molar-refractivity contribution in [2.24, 2.45) is 0 Å². The molecule has 0 amide bonds. The summed E-state index contributed by atoms with van der Waals surface area (Å²) in [7, 11) is 1.75. The first kappa shape index (κ1) is 27.4. The van der Waals surface area contributed by atoms with Crippen LogP contribution in [0, 0.1) is 0 Å². The molecule has 0 saturated heterocycles. The van der Waals surface area contributed by atoms with E-state index >= 15 is 0 Å². The third-order valence-corrected chi connectivity index (χ3v) is 31.2. The Hall–Kier alpha value is 1.45. The van der Waals surface area contributed by atoms with Crippen LogP contribution in [0.15, 0.2) is 0 Å². The Balaban J connectivity index is 5.09. The Bertz CT molecular complexity index is 280. The van der Waals surface area contributed by atoms with Crippen molar-refractivity contribution in [2.45, 2.75) is 120 Å². The first-order chi connectivity index (χ1) is 12.6. The van der Waals surface area contributed by atoms with Crippen LogP contribution in [0.5, 0.6) is 0 Å². The molecule has 0 aliphatic carbocycles. The SMILES string of the molecule is CCCCCC(C[CH](I)[Sn]([CH2]CCC)([CH2]CCC)[CH2]CCC)OCOC. The quantitative estimate of drug-likeness (QED) is 0.0498. The number of unbranched alkanes of at least 4 members (excludes halogenated alkanes) is 5. The van der Waals surface area contributed by atoms with Crippen molar-refractivity contribution in [3.05, 3.63) is 0 Å². The maximum atomic E-state index is 6.12. The molecule has 4 heteroatoms. The summed E-state index contributed by atoms with van der Waals surface area (Å²) in [5.74, 6) is 0. The molecule has 0 saturated carbocycles. The van der Waals surface area contributed by atoms with Gasteiger partial charge in [-0.15, -0.1) is 0 Å². The molecule has 0 spiro atoms. The van der Waals surface area contributed by atoms with Crippen LogP contribution in [-0.4, -0.2) is 40.3 Å². The van der Waals surface area contributed by atoms with E-state index < -0.39 is 18.4 Å². The Kier molecular flexibility index (Phi) is 19.5. The predicted molar refractivity (Wildman–Crippen MR) is 128 cm³/mol. The zero-order chi connectivity index (χ0) is 19.7. The van der Waals surface area contributed by atoms with Gasteiger partial charge in [-0.25, -0.2) is 0 Å². The molecule has 0 fully saturated rings. The number of rotatable bonds is 19. The number of hydrogen-bond donors (Lipinski definition) is 0. The third-order valence-electron chi connectivity index (χ3n) is 5.77. The Morgan fingerprint density at radius 2 is 1.27 bits per heavy atom. The van der Waals surface area contributed by atoms with Crippen LogP contribution in [0.2, 0.25) is 13.3 Å². The second kappa shape index (κ2) is 18.5. The molecular weight excluding hydrogens is 542 g/mol. The molecule has 0 heterocycles. The van der Waals surface area contributed by atoms with Crippen LogP contribution in [0.4, 0.5) is 0 Å². The Morgan fingerprint density at radius 1 is 0.769 bits per heavy atom. The van der Waals surface area contributed by atoms with Gasteiger partial charge >= 0.3 is 184 Å². The van der Waals surface area contributed by atoms with Crippen LogP contribution >= 0.6 is 22.6 Å². The summed E-state index contributed by atoms with van der Waals surface area (Å²) < 4.78 is 17.1. The van der Waals surface area contributed by atoms with E-state index in [-0.39, 0.29) is 0 Å². The molecule has 0 aromatic heterocycles. The number of ether oxygens (including phenoxy) is 2. The fraction of sp³-hybridized carbons (Fsp3) is 1.00. The molecule has 26 heavy (non-hydrogen) atoms. The zero-order valence-electron chi connectivity index (χ0n) is 18.5. The van der Waals surface area contributed by atoms with E-state index in [1.165, 1.54) is 70.6 Å². The van der Waals surface area contributed by atoms with Crippen LogP contribution in [-0.2, 0) is 9.47 Å². The van der Waals surface area contributed by atoms with E-state index in [1.807, 2.05) is 0 Å². The summed E-state index contributed by atoms with van der Waals surface area (Å²) in [4.78, 5) is 0. The second-order valence-corrected chi connectivity index (χ2v) is 27.0. The average molecular weight is 589 g/mol. The summed E-state index contributed by atoms with van der Waals surface area (Å²) in [5, 5.41) is 0. The van der Waals surface area contributed by atoms with Gasteiger partial charge in [0, 0.05) is 0 Å². The van der Waals surface area contributed by atoms with Crippen molar-refractivity contribution in [1.29, 1.82) is 0 Å². The standard InChI is InChI=1S/C10H20IO2.3C4H9.Sn/c1-3-4-5-6-10(7-8-11)13-9-12-2;3*1-3-4-2;/h8,10H,3-7,9H2,1-2H3;3*1,3-4H2,2H3;. The Labute approximate surface area is 183 Å². The predicted octanol–water partition coefficient (Wildman–Crippen LogP) is 8.14. The molecular formula is C22H47IO2Sn. The molecule has 0 aromatic rings. The molecule has 0 radical (unpaired) electrons. The van der Waals surface area contributed by atoms with E-state index in [1.54, 1.807) is 20.4 Å². The number of methoxy groups -OCH3 is 1. The van der Waals surface area contributed by atoms with Gasteiger partial charge in [0.2, 0.25) is 0 Å². The number of hydrogen-bond acceptors (Lipinski definition) is 2. The first-order valence-corrected chi connectivity index (χ1v) is 20.3. The van der Waals surface area contributed by atoms with Crippen molar-refractivity contribution >= 4 is 41.0 Å². The van der Waals surface area contributed by atoms with Gasteiger partial charge in [0.15, 0.2) is 0 Å². The van der Waals surface area contributed by atoms with Crippen molar-refractivity contribution < 1.29 is 9.47 Å². The van der Waals surface area contributed by atoms with Crippen molar-refractivity contribution in [1.82, 2.24) is 0 Å². The summed E-state index contributed by atoms with van der Waals surface area (Å²) in [6.45, 7) is 9.85. The first-order valence-electron chi connectivity index (χ1n) is 11.3. The normalized spacial score (nSPS) is 14.5. The van der Waals surface area contributed by atoms with Crippen molar-refractivity contribution in [3.8, 4) is 0 Å². The average Bonchev–Trinajstić information content (AvgIpc) is 2.65. The van der Waals surface area contributed by atoms with Crippen molar-refractivity contribution in [2.75, 3.05) is 13.9 Å². The van der Waals surface area contributed by atoms with E-state index in [0.29, 0.717) is 12.9 Å². The van der Waals surface area contributed by atoms with Crippen molar-refractivity contribution in [3.63, 3.8) is 0 Å². The fourth-order valence-corrected chi connectivity index (χ4v) is 26.9. The van der Waals surface area contributed by atoms with Crippen LogP contribution in [0.3, 0.4) is 0 Å². The van der Waals surface area contributed by atoms with Crippen LogP contribution in [0.25, 0.3) is 0 Å². The van der Waals surface area contributed by atoms with E-state index in [9.17, 15) is 0 Å². The molecule has 0 aliphatic heterocycles. The molecule has 2 unspecified atom stereocenters. The number of halogens is 1. The van der Waals surface area contributed by atoms with Gasteiger partial charge in [0.1, 0.15) is 0 Å². The van der Waals surface area contributed by atoms with Gasteiger partial charge in [0.25, 0.3) is 0 Å². The molecule has 2 atom stereocenters. The molecule has 0 aliphatic rings. The van der Waals surface area contributed by atoms with Gasteiger partial charge in [-0.3, -0.25) is 0 Å². The van der Waals surface area contributed by atoms with Gasteiger partial charge in [-0.05, 0) is 0 Å². The zero-order valence-corrected chi connectivity index (χ0v) is 23.5. The van der Waals surface area contributed by atoms with Gasteiger partial charge in [0.05, 0.1) is 0 Å². The minimum absolute atomic E-state index is 0.407. The van der Waals surface area contributed by atoms with E-state index in [4.69, 9.17) is 9.47 Å². The monoisotopic (exact) mass is 590 g/mol. The second-order valence-electron chi connectivity index (χ2n) is 8.07. The number of alkyl halides is 1. The maximum absolute atomic E-state index is 6.12. The summed E-state index contributed by atoms with van der Waals surface area (Å²) in [5.41, 5.74) is 0. The molecule has 158 valence electrons. The molecule has 2 nitrogen and oxygen atoms in total. The molecule has 0 N–H and O–H groups in total. The molecule has 0 rings (SSSR count). The van der Waals surface area contributed by atoms with Crippen LogP contribution < -0.4 is 0 Å². The Morgan fingerprint density at radius 3 is 1.69 bits per heavy atom. The summed E-state index contributed by atoms with van der Waals surface area (Å²) in [6.07, 6.45) is 15.3. The molecule has 0 aromatic carbocycles. The van der Waals surface area contributed by atoms with Crippen LogP contribution in [0.1, 0.15) is 98.3 Å². The van der Waals surface area contributed by atoms with E-state index in [2.05, 4.69) is 50.3 Å².